The SMILES string of the molecule is CCCCNC(=O)OC(C(=O)C1CCCCC1)C1CCCCC1. The first-order valence-corrected chi connectivity index (χ1v) is 9.70. The molecule has 0 radical (unpaired) electrons. The van der Waals surface area contributed by atoms with Gasteiger partial charge in [0.15, 0.2) is 11.9 Å². The van der Waals surface area contributed by atoms with E-state index in [1.54, 1.807) is 0 Å². The van der Waals surface area contributed by atoms with Gasteiger partial charge in [-0.25, -0.2) is 4.79 Å². The first kappa shape index (κ1) is 18.3. The minimum atomic E-state index is -0.514. The molecule has 132 valence electrons. The molecule has 1 unspecified atom stereocenters. The van der Waals surface area contributed by atoms with Crippen LogP contribution in [0.2, 0.25) is 0 Å². The lowest BCUT2D eigenvalue weighted by atomic mass is 9.77. The van der Waals surface area contributed by atoms with Crippen LogP contribution in [-0.2, 0) is 9.53 Å². The van der Waals surface area contributed by atoms with Gasteiger partial charge in [-0.2, -0.15) is 0 Å². The molecule has 2 fully saturated rings. The number of unbranched alkanes of at least 4 members (excludes halogenated alkanes) is 1. The summed E-state index contributed by atoms with van der Waals surface area (Å²) < 4.78 is 5.65. The van der Waals surface area contributed by atoms with Crippen LogP contribution < -0.4 is 5.32 Å². The number of nitrogens with one attached hydrogen (secondary N) is 1. The van der Waals surface area contributed by atoms with E-state index in [0.717, 1.165) is 64.2 Å². The van der Waals surface area contributed by atoms with Gasteiger partial charge in [-0.1, -0.05) is 51.9 Å². The van der Waals surface area contributed by atoms with Gasteiger partial charge >= 0.3 is 6.09 Å². The third-order valence-corrected chi connectivity index (χ3v) is 5.40. The molecule has 1 N–H and O–H groups in total. The van der Waals surface area contributed by atoms with Crippen molar-refractivity contribution in [2.45, 2.75) is 90.1 Å². The lowest BCUT2D eigenvalue weighted by molar-refractivity contribution is -0.135. The number of ketones is 1. The average molecular weight is 323 g/mol. The van der Waals surface area contributed by atoms with Crippen LogP contribution >= 0.6 is 0 Å². The lowest BCUT2D eigenvalue weighted by Gasteiger charge is -2.32. The summed E-state index contributed by atoms with van der Waals surface area (Å²) in [6.07, 6.45) is 12.1. The molecule has 0 aromatic heterocycles. The Kier molecular flexibility index (Phi) is 7.90. The summed E-state index contributed by atoms with van der Waals surface area (Å²) in [5.41, 5.74) is 0. The Balaban J connectivity index is 1.95. The predicted octanol–water partition coefficient (Wildman–Crippen LogP) is 4.61. The molecule has 23 heavy (non-hydrogen) atoms. The maximum atomic E-state index is 13.0. The van der Waals surface area contributed by atoms with Crippen molar-refractivity contribution < 1.29 is 14.3 Å². The quantitative estimate of drug-likeness (QED) is 0.696. The molecule has 0 bridgehead atoms. The summed E-state index contributed by atoms with van der Waals surface area (Å²) in [7, 11) is 0. The molecule has 4 heteroatoms. The number of ether oxygens (including phenoxy) is 1. The van der Waals surface area contributed by atoms with Gasteiger partial charge in [-0.3, -0.25) is 4.79 Å². The summed E-state index contributed by atoms with van der Waals surface area (Å²) in [4.78, 5) is 25.0. The number of Topliss-reactive ketones (excluding diaryl/α,β-unsaturated/α-hetero) is 1. The van der Waals surface area contributed by atoms with Crippen LogP contribution in [0.4, 0.5) is 4.79 Å². The normalized spacial score (nSPS) is 21.6. The highest BCUT2D eigenvalue weighted by molar-refractivity contribution is 5.87. The number of alkyl carbamates (subject to hydrolysis) is 1. The number of carbonyl (C=O) groups is 2. The highest BCUT2D eigenvalue weighted by Crippen LogP contribution is 2.33. The molecule has 0 saturated heterocycles. The number of rotatable bonds is 7. The molecule has 1 amide bonds. The van der Waals surface area contributed by atoms with Crippen LogP contribution in [-0.4, -0.2) is 24.5 Å². The van der Waals surface area contributed by atoms with Crippen LogP contribution in [0.25, 0.3) is 0 Å². The molecule has 1 atom stereocenters. The van der Waals surface area contributed by atoms with Crippen molar-refractivity contribution in [1.82, 2.24) is 5.32 Å². The van der Waals surface area contributed by atoms with Crippen LogP contribution in [0, 0.1) is 11.8 Å². The number of hydrogen-bond donors (Lipinski definition) is 1. The maximum absolute atomic E-state index is 13.0. The molecule has 0 spiro atoms. The molecule has 2 rings (SSSR count). The molecular formula is C19H33NO3. The average Bonchev–Trinajstić information content (AvgIpc) is 2.61. The zero-order chi connectivity index (χ0) is 16.5. The Hall–Kier alpha value is -1.06. The molecule has 2 aliphatic rings. The second-order valence-electron chi connectivity index (χ2n) is 7.24. The Labute approximate surface area is 140 Å². The van der Waals surface area contributed by atoms with Crippen LogP contribution in [0.3, 0.4) is 0 Å². The molecule has 0 aliphatic heterocycles. The number of carbonyl (C=O) groups excluding carboxylic acids is 2. The lowest BCUT2D eigenvalue weighted by Crippen LogP contribution is -2.42. The maximum Gasteiger partial charge on any atom is 0.407 e. The van der Waals surface area contributed by atoms with Gasteiger partial charge in [0.1, 0.15) is 0 Å². The third-order valence-electron chi connectivity index (χ3n) is 5.40. The summed E-state index contributed by atoms with van der Waals surface area (Å²) in [6.45, 7) is 2.72. The van der Waals surface area contributed by atoms with Gasteiger partial charge in [-0.15, -0.1) is 0 Å². The van der Waals surface area contributed by atoms with Gasteiger partial charge in [0.2, 0.25) is 0 Å². The predicted molar refractivity (Wildman–Crippen MR) is 91.3 cm³/mol. The Morgan fingerprint density at radius 2 is 1.61 bits per heavy atom. The first-order valence-electron chi connectivity index (χ1n) is 9.70. The summed E-state index contributed by atoms with van der Waals surface area (Å²) in [5.74, 6) is 0.538. The van der Waals surface area contributed by atoms with Crippen molar-refractivity contribution in [3.8, 4) is 0 Å². The fourth-order valence-electron chi connectivity index (χ4n) is 3.97. The largest absolute Gasteiger partial charge is 0.438 e. The van der Waals surface area contributed by atoms with Gasteiger partial charge in [0, 0.05) is 18.4 Å². The summed E-state index contributed by atoms with van der Waals surface area (Å²) in [6, 6.07) is 0. The molecule has 4 nitrogen and oxygen atoms in total. The monoisotopic (exact) mass is 323 g/mol. The molecule has 2 saturated carbocycles. The summed E-state index contributed by atoms with van der Waals surface area (Å²) in [5, 5.41) is 2.80. The van der Waals surface area contributed by atoms with E-state index < -0.39 is 12.2 Å². The Bertz CT molecular complexity index is 371. The van der Waals surface area contributed by atoms with E-state index in [9.17, 15) is 9.59 Å². The summed E-state index contributed by atoms with van der Waals surface area (Å²) >= 11 is 0. The second kappa shape index (κ2) is 9.94. The van der Waals surface area contributed by atoms with E-state index in [1.807, 2.05) is 0 Å². The highest BCUT2D eigenvalue weighted by Gasteiger charge is 2.36. The van der Waals surface area contributed by atoms with E-state index in [4.69, 9.17) is 4.74 Å². The first-order chi connectivity index (χ1) is 11.2. The Morgan fingerprint density at radius 1 is 1.00 bits per heavy atom. The van der Waals surface area contributed by atoms with Crippen molar-refractivity contribution >= 4 is 11.9 Å². The van der Waals surface area contributed by atoms with E-state index in [1.165, 1.54) is 12.8 Å². The minimum absolute atomic E-state index is 0.110. The van der Waals surface area contributed by atoms with Crippen molar-refractivity contribution in [2.75, 3.05) is 6.54 Å². The highest BCUT2D eigenvalue weighted by atomic mass is 16.6. The van der Waals surface area contributed by atoms with Crippen LogP contribution in [0.15, 0.2) is 0 Å². The van der Waals surface area contributed by atoms with E-state index in [2.05, 4.69) is 12.2 Å². The molecule has 0 aromatic rings. The number of hydrogen-bond acceptors (Lipinski definition) is 3. The van der Waals surface area contributed by atoms with Gasteiger partial charge in [0.25, 0.3) is 0 Å². The van der Waals surface area contributed by atoms with Crippen molar-refractivity contribution in [1.29, 1.82) is 0 Å². The fraction of sp³-hybridized carbons (Fsp3) is 0.895. The zero-order valence-electron chi connectivity index (χ0n) is 14.6. The molecule has 0 heterocycles. The smallest absolute Gasteiger partial charge is 0.407 e. The van der Waals surface area contributed by atoms with Crippen molar-refractivity contribution in [2.24, 2.45) is 11.8 Å². The van der Waals surface area contributed by atoms with Crippen molar-refractivity contribution in [3.05, 3.63) is 0 Å². The molecular weight excluding hydrogens is 290 g/mol. The molecule has 0 aromatic carbocycles. The molecule has 2 aliphatic carbocycles. The van der Waals surface area contributed by atoms with E-state index in [0.29, 0.717) is 6.54 Å². The standard InChI is InChI=1S/C19H33NO3/c1-2-3-14-20-19(22)23-18(16-12-8-5-9-13-16)17(21)15-10-6-4-7-11-15/h15-16,18H,2-14H2,1H3,(H,20,22). The van der Waals surface area contributed by atoms with Crippen molar-refractivity contribution in [3.63, 3.8) is 0 Å². The zero-order valence-corrected chi connectivity index (χ0v) is 14.6. The Morgan fingerprint density at radius 3 is 2.22 bits per heavy atom. The topological polar surface area (TPSA) is 55.4 Å². The van der Waals surface area contributed by atoms with Gasteiger partial charge in [-0.05, 0) is 32.1 Å². The van der Waals surface area contributed by atoms with E-state index >= 15 is 0 Å². The van der Waals surface area contributed by atoms with Crippen LogP contribution in [0.1, 0.15) is 84.0 Å². The fourth-order valence-corrected chi connectivity index (χ4v) is 3.97. The van der Waals surface area contributed by atoms with Gasteiger partial charge < -0.3 is 10.1 Å². The van der Waals surface area contributed by atoms with Crippen LogP contribution in [0.5, 0.6) is 0 Å². The van der Waals surface area contributed by atoms with E-state index in [-0.39, 0.29) is 17.6 Å². The van der Waals surface area contributed by atoms with Gasteiger partial charge in [0.05, 0.1) is 0 Å². The second-order valence-corrected chi connectivity index (χ2v) is 7.24. The number of amides is 1. The third kappa shape index (κ3) is 5.82. The minimum Gasteiger partial charge on any atom is -0.438 e.